The van der Waals surface area contributed by atoms with Crippen molar-refractivity contribution in [1.82, 2.24) is 9.80 Å². The summed E-state index contributed by atoms with van der Waals surface area (Å²) in [5.41, 5.74) is 0.981. The zero-order valence-corrected chi connectivity index (χ0v) is 18.8. The van der Waals surface area contributed by atoms with Crippen molar-refractivity contribution in [2.24, 2.45) is 5.92 Å². The maximum atomic E-state index is 13.5. The molecule has 0 bridgehead atoms. The van der Waals surface area contributed by atoms with Crippen LogP contribution in [0.5, 0.6) is 11.5 Å². The third-order valence-electron chi connectivity index (χ3n) is 7.38. The Morgan fingerprint density at radius 3 is 2.58 bits per heavy atom. The minimum Gasteiger partial charge on any atom is -0.497 e. The summed E-state index contributed by atoms with van der Waals surface area (Å²) >= 11 is 0. The van der Waals surface area contributed by atoms with E-state index in [9.17, 15) is 9.59 Å². The van der Waals surface area contributed by atoms with Gasteiger partial charge in [-0.25, -0.2) is 0 Å². The van der Waals surface area contributed by atoms with Crippen molar-refractivity contribution in [3.63, 3.8) is 0 Å². The van der Waals surface area contributed by atoms with Gasteiger partial charge in [-0.1, -0.05) is 12.8 Å². The summed E-state index contributed by atoms with van der Waals surface area (Å²) < 4.78 is 16.1. The van der Waals surface area contributed by atoms with Crippen LogP contribution in [-0.2, 0) is 14.3 Å². The topological polar surface area (TPSA) is 68.3 Å². The van der Waals surface area contributed by atoms with Crippen LogP contribution in [0.15, 0.2) is 18.2 Å². The first-order valence-corrected chi connectivity index (χ1v) is 11.4. The molecule has 170 valence electrons. The lowest BCUT2D eigenvalue weighted by atomic mass is 9.85. The predicted octanol–water partition coefficient (Wildman–Crippen LogP) is 3.17. The molecule has 3 fully saturated rings. The number of hydrogen-bond acceptors (Lipinski definition) is 6. The second-order valence-corrected chi connectivity index (χ2v) is 8.91. The van der Waals surface area contributed by atoms with Gasteiger partial charge in [0.1, 0.15) is 17.5 Å². The summed E-state index contributed by atoms with van der Waals surface area (Å²) in [7, 11) is 4.74. The molecule has 2 saturated heterocycles. The maximum Gasteiger partial charge on any atom is 0.323 e. The number of benzene rings is 1. The van der Waals surface area contributed by atoms with Gasteiger partial charge in [0.15, 0.2) is 0 Å². The molecule has 1 saturated carbocycles. The van der Waals surface area contributed by atoms with Gasteiger partial charge in [0.25, 0.3) is 0 Å². The largest absolute Gasteiger partial charge is 0.497 e. The van der Waals surface area contributed by atoms with Crippen molar-refractivity contribution in [1.29, 1.82) is 0 Å². The Morgan fingerprint density at radius 2 is 1.84 bits per heavy atom. The van der Waals surface area contributed by atoms with Gasteiger partial charge in [-0.2, -0.15) is 0 Å². The molecule has 0 radical (unpaired) electrons. The molecular weight excluding hydrogens is 396 g/mol. The molecule has 0 N–H and O–H groups in total. The Kier molecular flexibility index (Phi) is 6.70. The maximum absolute atomic E-state index is 13.5. The first kappa shape index (κ1) is 21.9. The van der Waals surface area contributed by atoms with Gasteiger partial charge in [0.2, 0.25) is 5.91 Å². The lowest BCUT2D eigenvalue weighted by Gasteiger charge is -2.35. The Labute approximate surface area is 184 Å². The number of nitrogens with zero attached hydrogens (tertiary/aromatic N) is 2. The molecule has 1 aromatic carbocycles. The highest BCUT2D eigenvalue weighted by Crippen LogP contribution is 2.42. The van der Waals surface area contributed by atoms with Gasteiger partial charge >= 0.3 is 5.97 Å². The molecule has 7 nitrogen and oxygen atoms in total. The minimum absolute atomic E-state index is 0.0427. The van der Waals surface area contributed by atoms with Crippen LogP contribution >= 0.6 is 0 Å². The van der Waals surface area contributed by atoms with Gasteiger partial charge < -0.3 is 19.1 Å². The molecule has 31 heavy (non-hydrogen) atoms. The molecule has 2 aliphatic heterocycles. The van der Waals surface area contributed by atoms with Crippen molar-refractivity contribution in [2.75, 3.05) is 34.4 Å². The van der Waals surface area contributed by atoms with Gasteiger partial charge in [-0.3, -0.25) is 14.5 Å². The summed E-state index contributed by atoms with van der Waals surface area (Å²) in [5, 5.41) is 0. The number of methoxy groups -OCH3 is 3. The van der Waals surface area contributed by atoms with Crippen LogP contribution in [0.2, 0.25) is 0 Å². The third kappa shape index (κ3) is 4.25. The van der Waals surface area contributed by atoms with E-state index in [-0.39, 0.29) is 30.5 Å². The summed E-state index contributed by atoms with van der Waals surface area (Å²) in [6, 6.07) is 5.69. The summed E-state index contributed by atoms with van der Waals surface area (Å²) in [4.78, 5) is 30.1. The molecule has 1 aliphatic carbocycles. The molecule has 4 rings (SSSR count). The van der Waals surface area contributed by atoms with Crippen LogP contribution < -0.4 is 9.47 Å². The molecule has 1 amide bonds. The van der Waals surface area contributed by atoms with E-state index in [1.165, 1.54) is 13.5 Å². The number of hydrogen-bond donors (Lipinski definition) is 0. The zero-order chi connectivity index (χ0) is 22.0. The van der Waals surface area contributed by atoms with Gasteiger partial charge in [0.05, 0.1) is 33.9 Å². The standard InChI is InChI=1S/C24H34N2O5/c1-29-17-10-11-22(30-2)18(14-17)20-9-6-12-25(20)23(27)15-26-19-8-5-4-7-16(19)13-21(26)24(28)31-3/h10-11,14,16,19-21H,4-9,12-13,15H2,1-3H3. The van der Waals surface area contributed by atoms with Crippen LogP contribution in [-0.4, -0.2) is 68.2 Å². The highest BCUT2D eigenvalue weighted by molar-refractivity contribution is 5.82. The fourth-order valence-corrected chi connectivity index (χ4v) is 5.88. The number of likely N-dealkylation sites (tertiary alicyclic amines) is 2. The molecule has 3 aliphatic rings. The Balaban J connectivity index is 1.55. The van der Waals surface area contributed by atoms with E-state index in [0.717, 1.165) is 55.6 Å². The van der Waals surface area contributed by atoms with E-state index in [4.69, 9.17) is 14.2 Å². The molecule has 1 aromatic rings. The quantitative estimate of drug-likeness (QED) is 0.646. The Bertz CT molecular complexity index is 813. The van der Waals surface area contributed by atoms with Gasteiger partial charge in [-0.05, 0) is 56.2 Å². The van der Waals surface area contributed by atoms with Gasteiger partial charge in [-0.15, -0.1) is 0 Å². The van der Waals surface area contributed by atoms with Crippen molar-refractivity contribution in [3.05, 3.63) is 23.8 Å². The summed E-state index contributed by atoms with van der Waals surface area (Å²) in [5.74, 6) is 1.87. The number of amides is 1. The number of ether oxygens (including phenoxy) is 3. The molecule has 4 unspecified atom stereocenters. The first-order chi connectivity index (χ1) is 15.1. The van der Waals surface area contributed by atoms with Crippen LogP contribution in [0.25, 0.3) is 0 Å². The van der Waals surface area contributed by atoms with E-state index in [1.807, 2.05) is 23.1 Å². The normalized spacial score (nSPS) is 28.3. The average Bonchev–Trinajstić information content (AvgIpc) is 3.43. The fourth-order valence-electron chi connectivity index (χ4n) is 5.88. The second-order valence-electron chi connectivity index (χ2n) is 8.91. The van der Waals surface area contributed by atoms with E-state index in [2.05, 4.69) is 4.90 Å². The van der Waals surface area contributed by atoms with E-state index in [1.54, 1.807) is 14.2 Å². The number of esters is 1. The molecule has 2 heterocycles. The molecule has 4 atom stereocenters. The minimum atomic E-state index is -0.311. The monoisotopic (exact) mass is 430 g/mol. The highest BCUT2D eigenvalue weighted by Gasteiger charge is 2.47. The SMILES string of the molecule is COC(=O)C1CC2CCCCC2N1CC(=O)N1CCCC1c1cc(OC)ccc1OC. The predicted molar refractivity (Wildman–Crippen MR) is 116 cm³/mol. The van der Waals surface area contributed by atoms with Crippen molar-refractivity contribution in [3.8, 4) is 11.5 Å². The second kappa shape index (κ2) is 9.47. The number of fused-ring (bicyclic) bond motifs is 1. The lowest BCUT2D eigenvalue weighted by molar-refractivity contribution is -0.147. The number of rotatable bonds is 6. The molecule has 7 heteroatoms. The first-order valence-electron chi connectivity index (χ1n) is 11.4. The Morgan fingerprint density at radius 1 is 1.03 bits per heavy atom. The number of carbonyl (C=O) groups is 2. The van der Waals surface area contributed by atoms with Crippen molar-refractivity contribution < 1.29 is 23.8 Å². The Hall–Kier alpha value is -2.28. The lowest BCUT2D eigenvalue weighted by Crippen LogP contribution is -2.48. The van der Waals surface area contributed by atoms with Crippen LogP contribution in [0, 0.1) is 5.92 Å². The molecular formula is C24H34N2O5. The van der Waals surface area contributed by atoms with E-state index < -0.39 is 0 Å². The number of carbonyl (C=O) groups excluding carboxylic acids is 2. The van der Waals surface area contributed by atoms with Crippen LogP contribution in [0.4, 0.5) is 0 Å². The summed E-state index contributed by atoms with van der Waals surface area (Å²) in [6.07, 6.45) is 7.20. The van der Waals surface area contributed by atoms with E-state index in [0.29, 0.717) is 18.5 Å². The smallest absolute Gasteiger partial charge is 0.323 e. The fraction of sp³-hybridized carbons (Fsp3) is 0.667. The summed E-state index contributed by atoms with van der Waals surface area (Å²) in [6.45, 7) is 0.985. The highest BCUT2D eigenvalue weighted by atomic mass is 16.5. The third-order valence-corrected chi connectivity index (χ3v) is 7.38. The van der Waals surface area contributed by atoms with Gasteiger partial charge in [0, 0.05) is 18.2 Å². The van der Waals surface area contributed by atoms with Crippen LogP contribution in [0.1, 0.15) is 56.6 Å². The zero-order valence-electron chi connectivity index (χ0n) is 18.8. The van der Waals surface area contributed by atoms with E-state index >= 15 is 0 Å². The molecule has 0 aromatic heterocycles. The molecule has 0 spiro atoms. The van der Waals surface area contributed by atoms with Crippen molar-refractivity contribution in [2.45, 2.75) is 63.1 Å². The van der Waals surface area contributed by atoms with Crippen molar-refractivity contribution >= 4 is 11.9 Å². The average molecular weight is 431 g/mol. The van der Waals surface area contributed by atoms with Crippen LogP contribution in [0.3, 0.4) is 0 Å².